The molecule has 6 aromatic rings. The summed E-state index contributed by atoms with van der Waals surface area (Å²) in [6.45, 7) is 21.0. The van der Waals surface area contributed by atoms with Crippen LogP contribution in [0.25, 0.3) is 11.1 Å². The van der Waals surface area contributed by atoms with Crippen LogP contribution < -0.4 is 20.7 Å². The molecule has 1 unspecified atom stereocenters. The van der Waals surface area contributed by atoms with E-state index in [4.69, 9.17) is 0 Å². The quantitative estimate of drug-likeness (QED) is 0.135. The molecule has 7 rings (SSSR count). The first-order valence-corrected chi connectivity index (χ1v) is 23.2. The van der Waals surface area contributed by atoms with E-state index in [9.17, 15) is 0 Å². The average Bonchev–Trinajstić information content (AvgIpc) is 3.17. The number of hydrogen-bond acceptors (Lipinski definition) is 2. The highest BCUT2D eigenvalue weighted by Gasteiger charge is 2.34. The molecule has 0 N–H and O–H groups in total. The van der Waals surface area contributed by atoms with Crippen LogP contribution in [0.1, 0.15) is 77.6 Å². The zero-order chi connectivity index (χ0) is 40.2. The number of benzene rings is 6. The van der Waals surface area contributed by atoms with E-state index in [1.165, 1.54) is 77.6 Å². The molecule has 0 saturated carbocycles. The molecule has 1 aliphatic heterocycles. The van der Waals surface area contributed by atoms with Crippen molar-refractivity contribution in [1.29, 1.82) is 0 Å². The fourth-order valence-corrected chi connectivity index (χ4v) is 9.23. The van der Waals surface area contributed by atoms with E-state index in [0.29, 0.717) is 5.92 Å². The Kier molecular flexibility index (Phi) is 10.6. The summed E-state index contributed by atoms with van der Waals surface area (Å²) in [5, 5.41) is 0. The highest BCUT2D eigenvalue weighted by atomic mass is 32.3. The second-order valence-corrected chi connectivity index (χ2v) is 22.8. The molecular weight excluding hydrogens is 695 g/mol. The second-order valence-electron chi connectivity index (χ2n) is 18.7. The van der Waals surface area contributed by atoms with E-state index < -0.39 is 10.0 Å². The molecule has 1 atom stereocenters. The van der Waals surface area contributed by atoms with Crippen molar-refractivity contribution in [3.8, 4) is 11.1 Å². The van der Waals surface area contributed by atoms with Crippen molar-refractivity contribution in [3.63, 3.8) is 0 Å². The lowest BCUT2D eigenvalue weighted by atomic mass is 9.59. The van der Waals surface area contributed by atoms with Gasteiger partial charge >= 0.3 is 0 Å². The minimum absolute atomic E-state index is 0.0921. The summed E-state index contributed by atoms with van der Waals surface area (Å²) in [5.41, 5.74) is 16.7. The number of rotatable bonds is 9. The SMILES string of the molecule is Cc1cc2c(c(N(c3ccc(C(C)(C)C)cc3)C(C)C(C)C)c1)Bc1cc(S(C)(C)C)ccc1N2c1ccc(C(C)(C)c2ccccc2)cc1-c1ccccc1. The Morgan fingerprint density at radius 1 is 0.607 bits per heavy atom. The highest BCUT2D eigenvalue weighted by molar-refractivity contribution is 8.32. The maximum atomic E-state index is 2.63. The number of nitrogens with zero attached hydrogens (tertiary/aromatic N) is 2. The fourth-order valence-electron chi connectivity index (χ4n) is 8.26. The smallest absolute Gasteiger partial charge is 0.200 e. The summed E-state index contributed by atoms with van der Waals surface area (Å²) in [7, 11) is -0.0650. The zero-order valence-corrected chi connectivity index (χ0v) is 36.7. The third-order valence-corrected chi connectivity index (χ3v) is 13.8. The van der Waals surface area contributed by atoms with Gasteiger partial charge in [0.2, 0.25) is 7.28 Å². The molecule has 4 heteroatoms. The Labute approximate surface area is 340 Å². The first-order valence-electron chi connectivity index (χ1n) is 20.4. The van der Waals surface area contributed by atoms with Gasteiger partial charge in [0, 0.05) is 39.8 Å². The molecule has 0 amide bonds. The van der Waals surface area contributed by atoms with Gasteiger partial charge in [-0.3, -0.25) is 0 Å². The van der Waals surface area contributed by atoms with Crippen molar-refractivity contribution in [3.05, 3.63) is 156 Å². The van der Waals surface area contributed by atoms with Gasteiger partial charge in [-0.1, -0.05) is 139 Å². The van der Waals surface area contributed by atoms with Crippen LogP contribution in [-0.4, -0.2) is 32.1 Å². The average molecular weight is 757 g/mol. The largest absolute Gasteiger partial charge is 0.339 e. The predicted octanol–water partition coefficient (Wildman–Crippen LogP) is 12.7. The van der Waals surface area contributed by atoms with Crippen LogP contribution in [-0.2, 0) is 10.8 Å². The third kappa shape index (κ3) is 7.58. The van der Waals surface area contributed by atoms with Crippen molar-refractivity contribution < 1.29 is 0 Å². The molecule has 0 fully saturated rings. The lowest BCUT2D eigenvalue weighted by Crippen LogP contribution is -2.45. The van der Waals surface area contributed by atoms with Crippen LogP contribution in [0.2, 0.25) is 0 Å². The van der Waals surface area contributed by atoms with Crippen LogP contribution in [0.15, 0.2) is 138 Å². The Bertz CT molecular complexity index is 2330. The lowest BCUT2D eigenvalue weighted by Gasteiger charge is -2.41. The maximum absolute atomic E-state index is 2.63. The molecule has 0 radical (unpaired) electrons. The molecule has 2 nitrogen and oxygen atoms in total. The Hall–Kier alpha value is -4.67. The van der Waals surface area contributed by atoms with Gasteiger partial charge in [0.15, 0.2) is 0 Å². The number of hydrogen-bond donors (Lipinski definition) is 0. The molecule has 0 spiro atoms. The second kappa shape index (κ2) is 15.0. The monoisotopic (exact) mass is 756 g/mol. The molecule has 0 aliphatic carbocycles. The summed E-state index contributed by atoms with van der Waals surface area (Å²) < 4.78 is 0. The van der Waals surface area contributed by atoms with Gasteiger partial charge in [-0.05, 0) is 131 Å². The first-order chi connectivity index (χ1) is 26.4. The summed E-state index contributed by atoms with van der Waals surface area (Å²) in [4.78, 5) is 6.67. The van der Waals surface area contributed by atoms with Crippen molar-refractivity contribution in [2.45, 2.75) is 84.1 Å². The Balaban J connectivity index is 1.51. The van der Waals surface area contributed by atoms with Crippen molar-refractivity contribution in [2.75, 3.05) is 28.6 Å². The molecule has 56 heavy (non-hydrogen) atoms. The Morgan fingerprint density at radius 2 is 1.21 bits per heavy atom. The molecular formula is C52H61BN2S. The fraction of sp³-hybridized carbons (Fsp3) is 0.308. The van der Waals surface area contributed by atoms with Gasteiger partial charge in [0.05, 0.1) is 5.69 Å². The van der Waals surface area contributed by atoms with Crippen LogP contribution in [0.4, 0.5) is 28.4 Å². The van der Waals surface area contributed by atoms with Crippen LogP contribution in [0.3, 0.4) is 0 Å². The number of anilines is 5. The molecule has 1 aliphatic rings. The normalized spacial score (nSPS) is 13.8. The van der Waals surface area contributed by atoms with Crippen LogP contribution in [0.5, 0.6) is 0 Å². The third-order valence-electron chi connectivity index (χ3n) is 12.1. The maximum Gasteiger partial charge on any atom is 0.200 e. The van der Waals surface area contributed by atoms with Gasteiger partial charge < -0.3 is 9.80 Å². The number of aryl methyl sites for hydroxylation is 1. The van der Waals surface area contributed by atoms with Gasteiger partial charge in [-0.15, -0.1) is 0 Å². The topological polar surface area (TPSA) is 6.48 Å². The standard InChI is InChI=1S/C52H61BN2S/c1-35(2)37(4)54(42-26-23-39(24-27-42)51(5,6)7)48-31-36(3)32-49-50(48)53-45-34-43(56(10,11)12)28-30-47(45)55(49)46-29-25-41(33-44(46)38-19-15-13-16-20-38)52(8,9)40-21-17-14-18-22-40/h13-35,37,53H,1-12H3. The lowest BCUT2D eigenvalue weighted by molar-refractivity contribution is 0.519. The molecule has 1 heterocycles. The van der Waals surface area contributed by atoms with E-state index >= 15 is 0 Å². The van der Waals surface area contributed by atoms with Crippen molar-refractivity contribution >= 4 is 56.7 Å². The molecule has 0 saturated heterocycles. The molecule has 288 valence electrons. The van der Waals surface area contributed by atoms with Gasteiger partial charge in [-0.25, -0.2) is 10.0 Å². The minimum Gasteiger partial charge on any atom is -0.339 e. The van der Waals surface area contributed by atoms with E-state index in [0.717, 1.165) is 7.28 Å². The molecule has 6 aromatic carbocycles. The van der Waals surface area contributed by atoms with Gasteiger partial charge in [0.1, 0.15) is 0 Å². The van der Waals surface area contributed by atoms with E-state index in [1.807, 2.05) is 0 Å². The Morgan fingerprint density at radius 3 is 1.82 bits per heavy atom. The van der Waals surface area contributed by atoms with Crippen LogP contribution >= 0.6 is 10.0 Å². The van der Waals surface area contributed by atoms with Crippen molar-refractivity contribution in [1.82, 2.24) is 0 Å². The summed E-state index contributed by atoms with van der Waals surface area (Å²) in [5.74, 6) is 0.446. The predicted molar refractivity (Wildman–Crippen MR) is 251 cm³/mol. The summed E-state index contributed by atoms with van der Waals surface area (Å²) in [6, 6.07) is 51.0. The minimum atomic E-state index is -0.941. The summed E-state index contributed by atoms with van der Waals surface area (Å²) in [6.07, 6.45) is 7.23. The number of fused-ring (bicyclic) bond motifs is 2. The van der Waals surface area contributed by atoms with Crippen LogP contribution in [0, 0.1) is 12.8 Å². The van der Waals surface area contributed by atoms with E-state index in [1.54, 1.807) is 0 Å². The summed E-state index contributed by atoms with van der Waals surface area (Å²) >= 11 is 0. The highest BCUT2D eigenvalue weighted by Crippen LogP contribution is 2.49. The van der Waals surface area contributed by atoms with Gasteiger partial charge in [-0.2, -0.15) is 0 Å². The first kappa shape index (κ1) is 39.6. The molecule has 0 bridgehead atoms. The van der Waals surface area contributed by atoms with Gasteiger partial charge in [0.25, 0.3) is 0 Å². The van der Waals surface area contributed by atoms with E-state index in [2.05, 4.69) is 224 Å². The molecule has 0 aromatic heterocycles. The zero-order valence-electron chi connectivity index (χ0n) is 35.9. The van der Waals surface area contributed by atoms with E-state index in [-0.39, 0.29) is 16.9 Å². The van der Waals surface area contributed by atoms with Crippen molar-refractivity contribution in [2.24, 2.45) is 5.92 Å².